The molecule has 0 amide bonds. The van der Waals surface area contributed by atoms with Gasteiger partial charge in [0.2, 0.25) is 0 Å². The van der Waals surface area contributed by atoms with E-state index in [4.69, 9.17) is 4.74 Å². The minimum Gasteiger partial charge on any atom is -0.462 e. The van der Waals surface area contributed by atoms with E-state index in [1.807, 2.05) is 30.3 Å². The quantitative estimate of drug-likeness (QED) is 0.525. The monoisotopic (exact) mass is 397 g/mol. The summed E-state index contributed by atoms with van der Waals surface area (Å²) in [7, 11) is 1.45. The van der Waals surface area contributed by atoms with E-state index in [1.165, 1.54) is 24.6 Å². The van der Waals surface area contributed by atoms with Gasteiger partial charge in [0.15, 0.2) is 5.01 Å². The number of benzene rings is 1. The first-order valence-corrected chi connectivity index (χ1v) is 9.24. The summed E-state index contributed by atoms with van der Waals surface area (Å²) in [6.07, 6.45) is 1.25. The number of aromatic amines is 1. The molecular weight excluding hydrogens is 382 g/mol. The molecule has 0 saturated carbocycles. The van der Waals surface area contributed by atoms with Crippen molar-refractivity contribution >= 4 is 23.0 Å². The topological polar surface area (TPSA) is 111 Å². The van der Waals surface area contributed by atoms with Crippen LogP contribution in [-0.2, 0) is 11.8 Å². The molecule has 3 heterocycles. The standard InChI is InChI=1S/C18H15N5O4S/c1-3-27-18(26)11-9-19-13-12(17(25)22(2)23(13)16(11)24)15-21-20-14(28-15)10-7-5-4-6-8-10/h4-9,19H,3H2,1-2H3. The van der Waals surface area contributed by atoms with Crippen LogP contribution in [0.5, 0.6) is 0 Å². The molecule has 0 spiro atoms. The molecule has 0 fully saturated rings. The third-order valence-electron chi connectivity index (χ3n) is 4.19. The fourth-order valence-electron chi connectivity index (χ4n) is 2.87. The summed E-state index contributed by atoms with van der Waals surface area (Å²) < 4.78 is 7.13. The zero-order valence-corrected chi connectivity index (χ0v) is 15.8. The van der Waals surface area contributed by atoms with Crippen LogP contribution < -0.4 is 11.1 Å². The molecule has 4 aromatic rings. The summed E-state index contributed by atoms with van der Waals surface area (Å²) in [6, 6.07) is 9.46. The number of rotatable bonds is 4. The summed E-state index contributed by atoms with van der Waals surface area (Å²) in [6.45, 7) is 1.78. The lowest BCUT2D eigenvalue weighted by Gasteiger charge is -2.03. The van der Waals surface area contributed by atoms with Crippen LogP contribution in [0.1, 0.15) is 17.3 Å². The van der Waals surface area contributed by atoms with Gasteiger partial charge in [0, 0.05) is 18.8 Å². The average Bonchev–Trinajstić information content (AvgIpc) is 3.27. The molecule has 0 saturated heterocycles. The van der Waals surface area contributed by atoms with Crippen molar-refractivity contribution in [3.8, 4) is 21.1 Å². The van der Waals surface area contributed by atoms with E-state index in [-0.39, 0.29) is 23.4 Å². The Bertz CT molecular complexity index is 1300. The number of nitrogens with zero attached hydrogens (tertiary/aromatic N) is 4. The lowest BCUT2D eigenvalue weighted by Crippen LogP contribution is -2.29. The summed E-state index contributed by atoms with van der Waals surface area (Å²) in [5.74, 6) is -0.754. The fourth-order valence-corrected chi connectivity index (χ4v) is 3.75. The van der Waals surface area contributed by atoms with Gasteiger partial charge in [-0.15, -0.1) is 10.2 Å². The number of aryl methyl sites for hydroxylation is 1. The smallest absolute Gasteiger partial charge is 0.345 e. The first kappa shape index (κ1) is 17.9. The van der Waals surface area contributed by atoms with E-state index in [2.05, 4.69) is 15.2 Å². The predicted octanol–water partition coefficient (Wildman–Crippen LogP) is 1.69. The molecule has 0 atom stereocenters. The first-order chi connectivity index (χ1) is 13.5. The molecule has 0 aliphatic carbocycles. The Balaban J connectivity index is 1.90. The van der Waals surface area contributed by atoms with Gasteiger partial charge in [0.05, 0.1) is 6.61 Å². The average molecular weight is 397 g/mol. The van der Waals surface area contributed by atoms with Crippen molar-refractivity contribution in [1.82, 2.24) is 24.4 Å². The maximum atomic E-state index is 12.8. The Morgan fingerprint density at radius 3 is 2.57 bits per heavy atom. The highest BCUT2D eigenvalue weighted by atomic mass is 32.1. The second-order valence-corrected chi connectivity index (χ2v) is 6.85. The molecular formula is C18H15N5O4S. The van der Waals surface area contributed by atoms with Crippen molar-refractivity contribution < 1.29 is 9.53 Å². The SMILES string of the molecule is CCOC(=O)c1c[nH]c2c(-c3nnc(-c4ccccc4)s3)c(=O)n(C)n2c1=O. The lowest BCUT2D eigenvalue weighted by molar-refractivity contribution is 0.0523. The minimum atomic E-state index is -0.754. The molecule has 4 rings (SSSR count). The molecule has 0 unspecified atom stereocenters. The Morgan fingerprint density at radius 1 is 1.14 bits per heavy atom. The van der Waals surface area contributed by atoms with E-state index in [9.17, 15) is 14.4 Å². The Labute approximate surface area is 161 Å². The van der Waals surface area contributed by atoms with Crippen LogP contribution >= 0.6 is 11.3 Å². The van der Waals surface area contributed by atoms with Crippen molar-refractivity contribution in [3.63, 3.8) is 0 Å². The molecule has 0 aliphatic heterocycles. The second kappa shape index (κ2) is 6.89. The van der Waals surface area contributed by atoms with Crippen LogP contribution in [0.15, 0.2) is 46.1 Å². The van der Waals surface area contributed by atoms with Crippen LogP contribution in [-0.4, -0.2) is 37.0 Å². The van der Waals surface area contributed by atoms with Gasteiger partial charge >= 0.3 is 5.97 Å². The first-order valence-electron chi connectivity index (χ1n) is 8.42. The van der Waals surface area contributed by atoms with Gasteiger partial charge in [-0.25, -0.2) is 9.48 Å². The molecule has 3 aromatic heterocycles. The molecule has 0 radical (unpaired) electrons. The zero-order valence-electron chi connectivity index (χ0n) is 15.0. The van der Waals surface area contributed by atoms with Gasteiger partial charge in [0.25, 0.3) is 11.1 Å². The summed E-state index contributed by atoms with van der Waals surface area (Å²) in [5, 5.41) is 9.32. The van der Waals surface area contributed by atoms with Gasteiger partial charge in [-0.3, -0.25) is 9.59 Å². The minimum absolute atomic E-state index is 0.138. The zero-order chi connectivity index (χ0) is 19.8. The lowest BCUT2D eigenvalue weighted by atomic mass is 10.2. The maximum absolute atomic E-state index is 12.8. The van der Waals surface area contributed by atoms with Gasteiger partial charge in [0.1, 0.15) is 21.8 Å². The van der Waals surface area contributed by atoms with Crippen molar-refractivity contribution in [2.45, 2.75) is 6.92 Å². The van der Waals surface area contributed by atoms with Crippen molar-refractivity contribution in [2.24, 2.45) is 7.05 Å². The normalized spacial score (nSPS) is 11.1. The molecule has 10 heteroatoms. The number of carbonyl (C=O) groups is 1. The van der Waals surface area contributed by atoms with Crippen LogP contribution in [0, 0.1) is 0 Å². The van der Waals surface area contributed by atoms with E-state index in [1.54, 1.807) is 6.92 Å². The van der Waals surface area contributed by atoms with E-state index in [0.717, 1.165) is 14.8 Å². The molecule has 142 valence electrons. The van der Waals surface area contributed by atoms with Gasteiger partial charge in [-0.1, -0.05) is 41.7 Å². The Morgan fingerprint density at radius 2 is 1.86 bits per heavy atom. The summed E-state index contributed by atoms with van der Waals surface area (Å²) in [5.41, 5.74) is 0.0744. The van der Waals surface area contributed by atoms with Gasteiger partial charge in [-0.05, 0) is 6.92 Å². The summed E-state index contributed by atoms with van der Waals surface area (Å²) >= 11 is 1.24. The second-order valence-electron chi connectivity index (χ2n) is 5.87. The molecule has 1 N–H and O–H groups in total. The van der Waals surface area contributed by atoms with Crippen LogP contribution in [0.25, 0.3) is 26.8 Å². The van der Waals surface area contributed by atoms with Crippen molar-refractivity contribution in [2.75, 3.05) is 6.61 Å². The van der Waals surface area contributed by atoms with Crippen LogP contribution in [0.2, 0.25) is 0 Å². The van der Waals surface area contributed by atoms with E-state index >= 15 is 0 Å². The van der Waals surface area contributed by atoms with E-state index in [0.29, 0.717) is 10.0 Å². The highest BCUT2D eigenvalue weighted by Crippen LogP contribution is 2.29. The number of fused-ring (bicyclic) bond motifs is 1. The number of esters is 1. The van der Waals surface area contributed by atoms with Crippen molar-refractivity contribution in [1.29, 1.82) is 0 Å². The predicted molar refractivity (Wildman–Crippen MR) is 104 cm³/mol. The molecule has 0 bridgehead atoms. The van der Waals surface area contributed by atoms with Gasteiger partial charge in [-0.2, -0.15) is 4.52 Å². The van der Waals surface area contributed by atoms with Crippen LogP contribution in [0.3, 0.4) is 0 Å². The molecule has 1 aromatic carbocycles. The maximum Gasteiger partial charge on any atom is 0.345 e. The van der Waals surface area contributed by atoms with Crippen LogP contribution in [0.4, 0.5) is 0 Å². The number of ether oxygens (including phenoxy) is 1. The van der Waals surface area contributed by atoms with Gasteiger partial charge < -0.3 is 9.72 Å². The van der Waals surface area contributed by atoms with Crippen molar-refractivity contribution in [3.05, 3.63) is 62.8 Å². The number of H-pyrrole nitrogens is 1. The number of carbonyl (C=O) groups excluding carboxylic acids is 1. The third kappa shape index (κ3) is 2.74. The summed E-state index contributed by atoms with van der Waals surface area (Å²) in [4.78, 5) is 40.4. The largest absolute Gasteiger partial charge is 0.462 e. The number of aromatic nitrogens is 5. The molecule has 9 nitrogen and oxygen atoms in total. The number of hydrogen-bond acceptors (Lipinski definition) is 7. The highest BCUT2D eigenvalue weighted by molar-refractivity contribution is 7.18. The molecule has 28 heavy (non-hydrogen) atoms. The Hall–Kier alpha value is -3.53. The van der Waals surface area contributed by atoms with E-state index < -0.39 is 17.1 Å². The Kier molecular flexibility index (Phi) is 4.40. The number of nitrogens with one attached hydrogen (secondary N) is 1. The number of hydrogen-bond donors (Lipinski definition) is 1. The molecule has 0 aliphatic rings. The highest BCUT2D eigenvalue weighted by Gasteiger charge is 2.23. The fraction of sp³-hybridized carbons (Fsp3) is 0.167. The third-order valence-corrected chi connectivity index (χ3v) is 5.18.